The molecule has 2 N–H and O–H groups in total. The monoisotopic (exact) mass is 289 g/mol. The van der Waals surface area contributed by atoms with Gasteiger partial charge in [-0.05, 0) is 18.8 Å². The van der Waals surface area contributed by atoms with Crippen LogP contribution < -0.4 is 5.32 Å². The van der Waals surface area contributed by atoms with Gasteiger partial charge in [0.15, 0.2) is 4.34 Å². The Morgan fingerprint density at radius 3 is 3.00 bits per heavy atom. The topological polar surface area (TPSA) is 84.3 Å². The summed E-state index contributed by atoms with van der Waals surface area (Å²) >= 11 is 2.59. The van der Waals surface area contributed by atoms with E-state index in [-0.39, 0.29) is 5.75 Å². The number of aliphatic carboxylic acids is 1. The molecule has 18 heavy (non-hydrogen) atoms. The molecule has 1 aliphatic rings. The van der Waals surface area contributed by atoms with Crippen molar-refractivity contribution in [1.29, 1.82) is 0 Å². The number of nitrogens with one attached hydrogen (secondary N) is 1. The van der Waals surface area contributed by atoms with Crippen LogP contribution in [0.5, 0.6) is 0 Å². The van der Waals surface area contributed by atoms with Crippen LogP contribution in [0, 0.1) is 5.92 Å². The third-order valence-corrected chi connectivity index (χ3v) is 4.61. The minimum Gasteiger partial charge on any atom is -0.481 e. The van der Waals surface area contributed by atoms with Gasteiger partial charge in [0.25, 0.3) is 0 Å². The second-order valence-corrected chi connectivity index (χ2v) is 6.19. The third kappa shape index (κ3) is 4.43. The predicted molar refractivity (Wildman–Crippen MR) is 70.3 cm³/mol. The average molecular weight is 289 g/mol. The van der Waals surface area contributed by atoms with E-state index in [0.29, 0.717) is 10.3 Å². The van der Waals surface area contributed by atoms with Crippen molar-refractivity contribution in [3.8, 4) is 0 Å². The summed E-state index contributed by atoms with van der Waals surface area (Å²) in [4.78, 5) is 10.4. The Kier molecular flexibility index (Phi) is 5.21. The lowest BCUT2D eigenvalue weighted by Gasteiger charge is -2.21. The van der Waals surface area contributed by atoms with E-state index in [9.17, 15) is 4.79 Å². The van der Waals surface area contributed by atoms with Crippen LogP contribution in [0.4, 0.5) is 5.13 Å². The van der Waals surface area contributed by atoms with Crippen LogP contribution in [0.1, 0.15) is 12.8 Å². The maximum absolute atomic E-state index is 10.4. The summed E-state index contributed by atoms with van der Waals surface area (Å²) in [6.07, 6.45) is 2.15. The van der Waals surface area contributed by atoms with Crippen LogP contribution in [0.2, 0.25) is 0 Å². The summed E-state index contributed by atoms with van der Waals surface area (Å²) in [7, 11) is 0. The van der Waals surface area contributed by atoms with E-state index in [1.807, 2.05) is 0 Å². The van der Waals surface area contributed by atoms with Gasteiger partial charge in [-0.3, -0.25) is 4.79 Å². The van der Waals surface area contributed by atoms with Crippen molar-refractivity contribution in [2.24, 2.45) is 5.92 Å². The van der Waals surface area contributed by atoms with Gasteiger partial charge in [0.2, 0.25) is 5.13 Å². The number of rotatable bonds is 6. The van der Waals surface area contributed by atoms with E-state index < -0.39 is 5.97 Å². The Balaban J connectivity index is 1.73. The second kappa shape index (κ2) is 6.91. The zero-order valence-electron chi connectivity index (χ0n) is 9.79. The Bertz CT molecular complexity index is 393. The fourth-order valence-electron chi connectivity index (χ4n) is 1.65. The highest BCUT2D eigenvalue weighted by atomic mass is 32.2. The molecule has 1 saturated heterocycles. The maximum Gasteiger partial charge on any atom is 0.313 e. The first-order valence-electron chi connectivity index (χ1n) is 5.74. The summed E-state index contributed by atoms with van der Waals surface area (Å²) < 4.78 is 5.99. The minimum absolute atomic E-state index is 0.0224. The molecular weight excluding hydrogens is 274 g/mol. The molecule has 8 heteroatoms. The molecule has 0 amide bonds. The number of carboxylic acids is 1. The summed E-state index contributed by atoms with van der Waals surface area (Å²) in [5.41, 5.74) is 0. The zero-order valence-corrected chi connectivity index (χ0v) is 11.4. The van der Waals surface area contributed by atoms with E-state index >= 15 is 0 Å². The van der Waals surface area contributed by atoms with Gasteiger partial charge >= 0.3 is 5.97 Å². The maximum atomic E-state index is 10.4. The molecule has 0 atom stereocenters. The van der Waals surface area contributed by atoms with Crippen LogP contribution in [-0.4, -0.2) is 46.8 Å². The molecule has 0 bridgehead atoms. The van der Waals surface area contributed by atoms with Crippen LogP contribution in [0.15, 0.2) is 4.34 Å². The largest absolute Gasteiger partial charge is 0.481 e. The van der Waals surface area contributed by atoms with E-state index in [1.165, 1.54) is 23.1 Å². The summed E-state index contributed by atoms with van der Waals surface area (Å²) in [5, 5.41) is 20.5. The number of hydrogen-bond donors (Lipinski definition) is 2. The van der Waals surface area contributed by atoms with Gasteiger partial charge in [0.1, 0.15) is 0 Å². The molecule has 0 aromatic carbocycles. The highest BCUT2D eigenvalue weighted by Crippen LogP contribution is 2.25. The van der Waals surface area contributed by atoms with Crippen LogP contribution >= 0.6 is 23.1 Å². The molecule has 2 heterocycles. The smallest absolute Gasteiger partial charge is 0.313 e. The second-order valence-electron chi connectivity index (χ2n) is 3.99. The SMILES string of the molecule is O=C(O)CSc1nnc(NCC2CCOCC2)s1. The zero-order chi connectivity index (χ0) is 12.8. The molecule has 0 unspecified atom stereocenters. The van der Waals surface area contributed by atoms with Crippen LogP contribution in [0.25, 0.3) is 0 Å². The van der Waals surface area contributed by atoms with Crippen molar-refractivity contribution in [1.82, 2.24) is 10.2 Å². The quantitative estimate of drug-likeness (QED) is 0.769. The van der Waals surface area contributed by atoms with E-state index in [4.69, 9.17) is 9.84 Å². The van der Waals surface area contributed by atoms with Gasteiger partial charge in [-0.25, -0.2) is 0 Å². The van der Waals surface area contributed by atoms with Crippen molar-refractivity contribution < 1.29 is 14.6 Å². The van der Waals surface area contributed by atoms with Crippen LogP contribution in [-0.2, 0) is 9.53 Å². The number of aromatic nitrogens is 2. The fraction of sp³-hybridized carbons (Fsp3) is 0.700. The first kappa shape index (κ1) is 13.6. The van der Waals surface area contributed by atoms with E-state index in [0.717, 1.165) is 37.7 Å². The Morgan fingerprint density at radius 2 is 2.28 bits per heavy atom. The molecule has 0 aliphatic carbocycles. The molecule has 6 nitrogen and oxygen atoms in total. The number of carboxylic acid groups (broad SMARTS) is 1. The minimum atomic E-state index is -0.841. The normalized spacial score (nSPS) is 16.7. The standard InChI is InChI=1S/C10H15N3O3S2/c14-8(15)6-17-10-13-12-9(18-10)11-5-7-1-3-16-4-2-7/h7H,1-6H2,(H,11,12)(H,14,15). The van der Waals surface area contributed by atoms with E-state index in [2.05, 4.69) is 15.5 Å². The molecular formula is C10H15N3O3S2. The molecule has 1 fully saturated rings. The lowest BCUT2D eigenvalue weighted by atomic mass is 10.0. The number of anilines is 1. The fourth-order valence-corrected chi connectivity index (χ4v) is 3.12. The van der Waals surface area contributed by atoms with Crippen molar-refractivity contribution in [2.75, 3.05) is 30.8 Å². The van der Waals surface area contributed by atoms with Gasteiger partial charge in [0, 0.05) is 19.8 Å². The number of hydrogen-bond acceptors (Lipinski definition) is 7. The van der Waals surface area contributed by atoms with Crippen LogP contribution in [0.3, 0.4) is 0 Å². The predicted octanol–water partition coefficient (Wildman–Crippen LogP) is 1.55. The molecule has 1 aromatic heterocycles. The van der Waals surface area contributed by atoms with Gasteiger partial charge < -0.3 is 15.2 Å². The lowest BCUT2D eigenvalue weighted by Crippen LogP contribution is -2.22. The van der Waals surface area contributed by atoms with Gasteiger partial charge in [0.05, 0.1) is 5.75 Å². The van der Waals surface area contributed by atoms with Crippen molar-refractivity contribution in [2.45, 2.75) is 17.2 Å². The summed E-state index contributed by atoms with van der Waals surface area (Å²) in [5.74, 6) is -0.195. The Morgan fingerprint density at radius 1 is 1.50 bits per heavy atom. The van der Waals surface area contributed by atoms with Crippen molar-refractivity contribution >= 4 is 34.2 Å². The van der Waals surface area contributed by atoms with E-state index in [1.54, 1.807) is 0 Å². The number of ether oxygens (including phenoxy) is 1. The molecule has 0 radical (unpaired) electrons. The molecule has 1 aromatic rings. The summed E-state index contributed by atoms with van der Waals surface area (Å²) in [6, 6.07) is 0. The molecule has 0 saturated carbocycles. The third-order valence-electron chi connectivity index (χ3n) is 2.61. The van der Waals surface area contributed by atoms with Gasteiger partial charge in [-0.1, -0.05) is 23.1 Å². The van der Waals surface area contributed by atoms with Crippen molar-refractivity contribution in [3.63, 3.8) is 0 Å². The molecule has 100 valence electrons. The van der Waals surface area contributed by atoms with Gasteiger partial charge in [-0.2, -0.15) is 0 Å². The molecule has 0 spiro atoms. The number of nitrogens with zero attached hydrogens (tertiary/aromatic N) is 2. The number of carbonyl (C=O) groups is 1. The number of thioether (sulfide) groups is 1. The first-order valence-corrected chi connectivity index (χ1v) is 7.54. The average Bonchev–Trinajstić information content (AvgIpc) is 2.83. The highest BCUT2D eigenvalue weighted by molar-refractivity contribution is 8.01. The Hall–Kier alpha value is -0.860. The highest BCUT2D eigenvalue weighted by Gasteiger charge is 2.14. The molecule has 2 rings (SSSR count). The molecule has 1 aliphatic heterocycles. The first-order chi connectivity index (χ1) is 8.74. The van der Waals surface area contributed by atoms with Gasteiger partial charge in [-0.15, -0.1) is 10.2 Å². The Labute approximate surface area is 113 Å². The van der Waals surface area contributed by atoms with Crippen molar-refractivity contribution in [3.05, 3.63) is 0 Å². The summed E-state index contributed by atoms with van der Waals surface area (Å²) in [6.45, 7) is 2.55. The lowest BCUT2D eigenvalue weighted by molar-refractivity contribution is -0.133.